The molecule has 13 rings (SSSR count). The molecule has 61 heavy (non-hydrogen) atoms. The van der Waals surface area contributed by atoms with Crippen molar-refractivity contribution in [1.82, 2.24) is 39.9 Å². The zero-order chi connectivity index (χ0) is 40.0. The van der Waals surface area contributed by atoms with Crippen LogP contribution in [0.4, 0.5) is 0 Å². The van der Waals surface area contributed by atoms with Crippen LogP contribution in [0.25, 0.3) is 133 Å². The Bertz CT molecular complexity index is 3720. The number of rotatable bonds is 0. The largest absolute Gasteiger partial charge is 2.00 e. The third-order valence-electron chi connectivity index (χ3n) is 11.5. The molecule has 0 saturated heterocycles. The van der Waals surface area contributed by atoms with Crippen LogP contribution in [0.15, 0.2) is 121 Å². The van der Waals surface area contributed by atoms with Gasteiger partial charge in [-0.1, -0.05) is 97.1 Å². The van der Waals surface area contributed by atoms with Crippen LogP contribution in [0.1, 0.15) is 0 Å². The molecule has 0 amide bonds. The molecule has 11 aromatic rings. The Balaban J connectivity index is 0.00000399. The number of halogens is 4. The number of hydrogen-bond acceptors (Lipinski definition) is 6. The summed E-state index contributed by atoms with van der Waals surface area (Å²) in [5.74, 6) is 2.16. The predicted molar refractivity (Wildman–Crippen MR) is 275 cm³/mol. The molecule has 13 heteroatoms. The summed E-state index contributed by atoms with van der Waals surface area (Å²) in [6, 6.07) is 42.3. The molecule has 8 aromatic carbocycles. The standard InChI is InChI=1S/C48H20I4N8.Mn/c49-37-25-13-5-1-9-21(25)17-29-33(37)45-53-41(29)57-46-34-30(18-22-10-2-6-14-26(22)38(34)50)43(54-46)59-48-36-32(20-24-12-4-8-16-28(24)40(36)52)44(56-48)60-47-35-31(42(55-47)58-45)19-23-11-3-7-15-27(23)39(35)51;/h1-20H;/q-2;+2. The number of aromatic nitrogens is 8. The molecule has 287 valence electrons. The maximum absolute atomic E-state index is 5.37. The third kappa shape index (κ3) is 5.69. The maximum Gasteiger partial charge on any atom is 2.00 e. The van der Waals surface area contributed by atoms with Gasteiger partial charge in [0.25, 0.3) is 0 Å². The maximum atomic E-state index is 5.37. The fourth-order valence-electron chi connectivity index (χ4n) is 8.72. The minimum absolute atomic E-state index is 0. The molecule has 2 aliphatic rings. The molecule has 1 radical (unpaired) electrons. The summed E-state index contributed by atoms with van der Waals surface area (Å²) < 4.78 is 4.19. The smallest absolute Gasteiger partial charge is 0.357 e. The van der Waals surface area contributed by atoms with E-state index < -0.39 is 0 Å². The van der Waals surface area contributed by atoms with E-state index in [1.54, 1.807) is 0 Å². The topological polar surface area (TPSA) is 106 Å². The molecule has 5 heterocycles. The SMILES string of the molecule is Ic1c2c(cc3ccccc13)-c1nc-2nc2[n-]c(nc3nc(nc4[n-]c(n1)c1c(I)c5ccccc5cc41)-c1c-3cc3ccccc3c1I)c1c(I)c3ccccc3cc21.[Mn+2]. The van der Waals surface area contributed by atoms with Crippen LogP contribution in [-0.4, -0.2) is 29.9 Å². The minimum atomic E-state index is 0. The van der Waals surface area contributed by atoms with Crippen molar-refractivity contribution < 1.29 is 17.1 Å². The molecule has 0 aliphatic carbocycles. The normalized spacial score (nSPS) is 12.1. The molecular weight excluding hydrogens is 1250 g/mol. The Morgan fingerprint density at radius 1 is 0.328 bits per heavy atom. The van der Waals surface area contributed by atoms with Gasteiger partial charge in [-0.3, -0.25) is 0 Å². The van der Waals surface area contributed by atoms with E-state index in [0.29, 0.717) is 45.9 Å². The van der Waals surface area contributed by atoms with E-state index >= 15 is 0 Å². The minimum Gasteiger partial charge on any atom is -0.357 e. The van der Waals surface area contributed by atoms with Gasteiger partial charge in [-0.05, 0) is 168 Å². The van der Waals surface area contributed by atoms with E-state index in [1.165, 1.54) is 0 Å². The summed E-state index contributed by atoms with van der Waals surface area (Å²) in [5.41, 5.74) is 5.77. The van der Waals surface area contributed by atoms with Crippen molar-refractivity contribution in [2.75, 3.05) is 0 Å². The van der Waals surface area contributed by atoms with E-state index in [2.05, 4.69) is 212 Å². The second-order valence-corrected chi connectivity index (χ2v) is 19.1. The molecular formula is C48H20I4MnN8. The molecule has 0 atom stereocenters. The summed E-state index contributed by atoms with van der Waals surface area (Å²) in [6.07, 6.45) is 0. The second-order valence-electron chi connectivity index (χ2n) is 14.8. The molecule has 2 aliphatic heterocycles. The van der Waals surface area contributed by atoms with Gasteiger partial charge in [0.05, 0.1) is 23.3 Å². The van der Waals surface area contributed by atoms with Crippen molar-refractivity contribution in [3.63, 3.8) is 0 Å². The van der Waals surface area contributed by atoms with Crippen molar-refractivity contribution in [1.29, 1.82) is 0 Å². The first kappa shape index (κ1) is 38.3. The zero-order valence-corrected chi connectivity index (χ0v) is 40.8. The number of benzene rings is 8. The average Bonchev–Trinajstić information content (AvgIpc) is 3.99. The monoisotopic (exact) mass is 1270 g/mol. The van der Waals surface area contributed by atoms with E-state index in [-0.39, 0.29) is 17.1 Å². The first-order valence-corrected chi connectivity index (χ1v) is 23.3. The van der Waals surface area contributed by atoms with Gasteiger partial charge >= 0.3 is 17.1 Å². The molecule has 0 unspecified atom stereocenters. The quantitative estimate of drug-likeness (QED) is 0.109. The summed E-state index contributed by atoms with van der Waals surface area (Å²) in [6.45, 7) is 0. The van der Waals surface area contributed by atoms with Crippen LogP contribution in [-0.2, 0) is 17.1 Å². The van der Waals surface area contributed by atoms with Crippen molar-refractivity contribution in [2.24, 2.45) is 0 Å². The number of hydrogen-bond donors (Lipinski definition) is 0. The second kappa shape index (κ2) is 14.3. The third-order valence-corrected chi connectivity index (χ3v) is 16.0. The van der Waals surface area contributed by atoms with Gasteiger partial charge in [-0.15, -0.1) is 0 Å². The van der Waals surface area contributed by atoms with E-state index in [4.69, 9.17) is 39.9 Å². The Kier molecular flexibility index (Phi) is 8.99. The van der Waals surface area contributed by atoms with Crippen LogP contribution in [0, 0.1) is 14.3 Å². The first-order chi connectivity index (χ1) is 29.4. The van der Waals surface area contributed by atoms with Crippen molar-refractivity contribution in [3.05, 3.63) is 136 Å². The predicted octanol–water partition coefficient (Wildman–Crippen LogP) is 13.2. The number of fused-ring (bicyclic) bond motifs is 24. The van der Waals surface area contributed by atoms with Gasteiger partial charge in [-0.2, -0.15) is 0 Å². The van der Waals surface area contributed by atoms with Crippen LogP contribution in [0.2, 0.25) is 0 Å². The molecule has 3 aromatic heterocycles. The van der Waals surface area contributed by atoms with Gasteiger partial charge in [0.1, 0.15) is 0 Å². The Morgan fingerprint density at radius 2 is 0.656 bits per heavy atom. The summed E-state index contributed by atoms with van der Waals surface area (Å²) in [5, 5.41) is 12.5. The molecule has 0 fully saturated rings. The van der Waals surface area contributed by atoms with Gasteiger partial charge in [0.2, 0.25) is 0 Å². The van der Waals surface area contributed by atoms with Crippen LogP contribution < -0.4 is 9.97 Å². The fourth-order valence-corrected chi connectivity index (χ4v) is 12.8. The van der Waals surface area contributed by atoms with Crippen molar-refractivity contribution >= 4 is 178 Å². The average molecular weight is 1270 g/mol. The van der Waals surface area contributed by atoms with Crippen LogP contribution in [0.3, 0.4) is 0 Å². The van der Waals surface area contributed by atoms with Gasteiger partial charge in [-0.25, -0.2) is 9.97 Å². The van der Waals surface area contributed by atoms with Gasteiger partial charge < -0.3 is 29.9 Å². The number of nitrogens with zero attached hydrogens (tertiary/aromatic N) is 8. The molecule has 0 saturated carbocycles. The van der Waals surface area contributed by atoms with Crippen molar-refractivity contribution in [2.45, 2.75) is 0 Å². The zero-order valence-electron chi connectivity index (χ0n) is 31.0. The Labute approximate surface area is 410 Å². The molecule has 0 spiro atoms. The van der Waals surface area contributed by atoms with Gasteiger partial charge in [0.15, 0.2) is 0 Å². The van der Waals surface area contributed by atoms with E-state index in [1.807, 2.05) is 0 Å². The Morgan fingerprint density at radius 3 is 1.05 bits per heavy atom. The first-order valence-electron chi connectivity index (χ1n) is 19.0. The van der Waals surface area contributed by atoms with Crippen LogP contribution in [0.5, 0.6) is 0 Å². The summed E-state index contributed by atoms with van der Waals surface area (Å²) >= 11 is 9.75. The molecule has 8 bridgehead atoms. The van der Waals surface area contributed by atoms with E-state index in [9.17, 15) is 0 Å². The Hall–Kier alpha value is -4.40. The summed E-state index contributed by atoms with van der Waals surface area (Å²) in [4.78, 5) is 42.5. The summed E-state index contributed by atoms with van der Waals surface area (Å²) in [7, 11) is 0. The molecule has 0 N–H and O–H groups in total. The molecule has 8 nitrogen and oxygen atoms in total. The van der Waals surface area contributed by atoms with Gasteiger partial charge in [0, 0.05) is 69.9 Å². The van der Waals surface area contributed by atoms with E-state index in [0.717, 1.165) is 101 Å². The van der Waals surface area contributed by atoms with Crippen LogP contribution >= 0.6 is 90.4 Å². The van der Waals surface area contributed by atoms with Crippen molar-refractivity contribution in [3.8, 4) is 45.6 Å². The fraction of sp³-hybridized carbons (Fsp3) is 0.